The number of hydrogen-bond acceptors (Lipinski definition) is 4. The van der Waals surface area contributed by atoms with Crippen molar-refractivity contribution in [1.82, 2.24) is 9.97 Å². The molecule has 1 aromatic heterocycles. The van der Waals surface area contributed by atoms with E-state index in [0.29, 0.717) is 0 Å². The van der Waals surface area contributed by atoms with E-state index in [0.717, 1.165) is 43.9 Å². The first kappa shape index (κ1) is 15.4. The van der Waals surface area contributed by atoms with Gasteiger partial charge in [-0.25, -0.2) is 4.98 Å². The van der Waals surface area contributed by atoms with E-state index in [9.17, 15) is 0 Å². The van der Waals surface area contributed by atoms with E-state index >= 15 is 0 Å². The van der Waals surface area contributed by atoms with Gasteiger partial charge in [0.05, 0.1) is 0 Å². The minimum atomic E-state index is 0.795. The molecule has 2 fully saturated rings. The molecule has 0 aliphatic carbocycles. The van der Waals surface area contributed by atoms with E-state index in [2.05, 4.69) is 51.2 Å². The lowest BCUT2D eigenvalue weighted by Gasteiger charge is -2.33. The molecule has 24 heavy (non-hydrogen) atoms. The van der Waals surface area contributed by atoms with Crippen molar-refractivity contribution in [2.24, 2.45) is 5.92 Å². The van der Waals surface area contributed by atoms with E-state index in [1.807, 2.05) is 6.20 Å². The number of anilines is 2. The maximum Gasteiger partial charge on any atom is 0.227 e. The molecule has 2 saturated heterocycles. The SMILES string of the molecule is c1ccc(CC2CCN(c3ccnc(N4CCCC4)n3)CC2)cc1. The lowest BCUT2D eigenvalue weighted by molar-refractivity contribution is 0.402. The zero-order valence-corrected chi connectivity index (χ0v) is 14.3. The van der Waals surface area contributed by atoms with Crippen LogP contribution in [-0.4, -0.2) is 36.1 Å². The third-order valence-corrected chi connectivity index (χ3v) is 5.32. The molecule has 4 nitrogen and oxygen atoms in total. The van der Waals surface area contributed by atoms with Crippen LogP contribution in [0.15, 0.2) is 42.6 Å². The zero-order chi connectivity index (χ0) is 16.2. The summed E-state index contributed by atoms with van der Waals surface area (Å²) in [5, 5.41) is 0. The minimum absolute atomic E-state index is 0.795. The normalized spacial score (nSPS) is 19.0. The Bertz CT molecular complexity index is 644. The number of rotatable bonds is 4. The van der Waals surface area contributed by atoms with Crippen LogP contribution in [0.2, 0.25) is 0 Å². The van der Waals surface area contributed by atoms with Gasteiger partial charge < -0.3 is 9.80 Å². The van der Waals surface area contributed by atoms with Gasteiger partial charge in [-0.3, -0.25) is 0 Å². The van der Waals surface area contributed by atoms with Gasteiger partial charge in [-0.05, 0) is 49.7 Å². The highest BCUT2D eigenvalue weighted by Crippen LogP contribution is 2.26. The summed E-state index contributed by atoms with van der Waals surface area (Å²) in [7, 11) is 0. The van der Waals surface area contributed by atoms with Crippen LogP contribution in [0, 0.1) is 5.92 Å². The Hall–Kier alpha value is -2.10. The minimum Gasteiger partial charge on any atom is -0.356 e. The molecule has 0 radical (unpaired) electrons. The predicted octanol–water partition coefficient (Wildman–Crippen LogP) is 3.54. The summed E-state index contributed by atoms with van der Waals surface area (Å²) in [5.74, 6) is 2.81. The van der Waals surface area contributed by atoms with Crippen LogP contribution in [-0.2, 0) is 6.42 Å². The largest absolute Gasteiger partial charge is 0.356 e. The molecule has 0 amide bonds. The van der Waals surface area contributed by atoms with Gasteiger partial charge in [-0.15, -0.1) is 0 Å². The van der Waals surface area contributed by atoms with Gasteiger partial charge in [0.2, 0.25) is 5.95 Å². The highest BCUT2D eigenvalue weighted by atomic mass is 15.3. The average molecular weight is 322 g/mol. The van der Waals surface area contributed by atoms with Gasteiger partial charge in [0.1, 0.15) is 5.82 Å². The highest BCUT2D eigenvalue weighted by Gasteiger charge is 2.22. The molecule has 0 N–H and O–H groups in total. The van der Waals surface area contributed by atoms with Crippen molar-refractivity contribution in [2.75, 3.05) is 36.0 Å². The molecule has 4 heteroatoms. The van der Waals surface area contributed by atoms with Crippen LogP contribution in [0.4, 0.5) is 11.8 Å². The van der Waals surface area contributed by atoms with Gasteiger partial charge in [-0.1, -0.05) is 30.3 Å². The summed E-state index contributed by atoms with van der Waals surface area (Å²) >= 11 is 0. The third-order valence-electron chi connectivity index (χ3n) is 5.32. The summed E-state index contributed by atoms with van der Waals surface area (Å²) in [6.07, 6.45) is 8.15. The Balaban J connectivity index is 1.36. The Kier molecular flexibility index (Phi) is 4.63. The maximum atomic E-state index is 4.83. The van der Waals surface area contributed by atoms with Gasteiger partial charge in [0, 0.05) is 32.4 Å². The van der Waals surface area contributed by atoms with Gasteiger partial charge in [0.15, 0.2) is 0 Å². The van der Waals surface area contributed by atoms with Gasteiger partial charge >= 0.3 is 0 Å². The Morgan fingerprint density at radius 1 is 0.875 bits per heavy atom. The smallest absolute Gasteiger partial charge is 0.227 e. The predicted molar refractivity (Wildman–Crippen MR) is 98.6 cm³/mol. The lowest BCUT2D eigenvalue weighted by atomic mass is 9.90. The van der Waals surface area contributed by atoms with Crippen LogP contribution in [0.5, 0.6) is 0 Å². The first-order chi connectivity index (χ1) is 11.9. The van der Waals surface area contributed by atoms with Crippen LogP contribution in [0.1, 0.15) is 31.2 Å². The molecule has 0 bridgehead atoms. The van der Waals surface area contributed by atoms with Crippen molar-refractivity contribution >= 4 is 11.8 Å². The molecular formula is C20H26N4. The summed E-state index contributed by atoms with van der Waals surface area (Å²) < 4.78 is 0. The maximum absolute atomic E-state index is 4.83. The molecule has 0 saturated carbocycles. The number of piperidine rings is 1. The molecule has 0 unspecified atom stereocenters. The molecule has 2 aliphatic rings. The third kappa shape index (κ3) is 3.53. The second-order valence-electron chi connectivity index (χ2n) is 7.03. The summed E-state index contributed by atoms with van der Waals surface area (Å²) in [4.78, 5) is 14.0. The molecule has 2 aromatic rings. The second-order valence-corrected chi connectivity index (χ2v) is 7.03. The Morgan fingerprint density at radius 2 is 1.62 bits per heavy atom. The second kappa shape index (κ2) is 7.20. The topological polar surface area (TPSA) is 32.3 Å². The van der Waals surface area contributed by atoms with E-state index in [-0.39, 0.29) is 0 Å². The average Bonchev–Trinajstić information content (AvgIpc) is 3.18. The molecular weight excluding hydrogens is 296 g/mol. The molecule has 0 atom stereocenters. The fraction of sp³-hybridized carbons (Fsp3) is 0.500. The van der Waals surface area contributed by atoms with E-state index in [1.54, 1.807) is 0 Å². The fourth-order valence-corrected chi connectivity index (χ4v) is 3.90. The van der Waals surface area contributed by atoms with Crippen LogP contribution < -0.4 is 9.80 Å². The summed E-state index contributed by atoms with van der Waals surface area (Å²) in [5.41, 5.74) is 1.47. The van der Waals surface area contributed by atoms with Crippen molar-refractivity contribution < 1.29 is 0 Å². The number of nitrogens with zero attached hydrogens (tertiary/aromatic N) is 4. The Labute approximate surface area is 144 Å². The number of aromatic nitrogens is 2. The van der Waals surface area contributed by atoms with E-state index in [1.165, 1.54) is 37.7 Å². The van der Waals surface area contributed by atoms with Gasteiger partial charge in [-0.2, -0.15) is 4.98 Å². The van der Waals surface area contributed by atoms with Crippen LogP contribution >= 0.6 is 0 Å². The molecule has 0 spiro atoms. The molecule has 2 aliphatic heterocycles. The zero-order valence-electron chi connectivity index (χ0n) is 14.3. The monoisotopic (exact) mass is 322 g/mol. The van der Waals surface area contributed by atoms with Crippen molar-refractivity contribution in [2.45, 2.75) is 32.1 Å². The first-order valence-corrected chi connectivity index (χ1v) is 9.25. The van der Waals surface area contributed by atoms with Gasteiger partial charge in [0.25, 0.3) is 0 Å². The summed E-state index contributed by atoms with van der Waals surface area (Å²) in [6.45, 7) is 4.41. The van der Waals surface area contributed by atoms with Crippen molar-refractivity contribution in [1.29, 1.82) is 0 Å². The summed E-state index contributed by atoms with van der Waals surface area (Å²) in [6, 6.07) is 12.9. The van der Waals surface area contributed by atoms with Crippen LogP contribution in [0.25, 0.3) is 0 Å². The van der Waals surface area contributed by atoms with E-state index < -0.39 is 0 Å². The lowest BCUT2D eigenvalue weighted by Crippen LogP contribution is -2.35. The van der Waals surface area contributed by atoms with Crippen LogP contribution in [0.3, 0.4) is 0 Å². The first-order valence-electron chi connectivity index (χ1n) is 9.25. The molecule has 1 aromatic carbocycles. The fourth-order valence-electron chi connectivity index (χ4n) is 3.90. The molecule has 126 valence electrons. The van der Waals surface area contributed by atoms with Crippen molar-refractivity contribution in [3.8, 4) is 0 Å². The van der Waals surface area contributed by atoms with Crippen molar-refractivity contribution in [3.05, 3.63) is 48.2 Å². The molecule has 4 rings (SSSR count). The quantitative estimate of drug-likeness (QED) is 0.862. The molecule has 3 heterocycles. The number of hydrogen-bond donors (Lipinski definition) is 0. The van der Waals surface area contributed by atoms with Crippen molar-refractivity contribution in [3.63, 3.8) is 0 Å². The number of benzene rings is 1. The van der Waals surface area contributed by atoms with E-state index in [4.69, 9.17) is 4.98 Å². The highest BCUT2D eigenvalue weighted by molar-refractivity contribution is 5.44. The standard InChI is InChI=1S/C20H26N4/c1-2-6-17(7-3-1)16-18-9-14-23(15-10-18)19-8-11-21-20(22-19)24-12-4-5-13-24/h1-3,6-8,11,18H,4-5,9-10,12-16H2. The Morgan fingerprint density at radius 3 is 2.38 bits per heavy atom.